The summed E-state index contributed by atoms with van der Waals surface area (Å²) in [6, 6.07) is 7.28. The fourth-order valence-electron chi connectivity index (χ4n) is 1.94. The van der Waals surface area contributed by atoms with Gasteiger partial charge in [-0.3, -0.25) is 4.79 Å². The molecule has 1 aromatic heterocycles. The number of aromatic hydroxyl groups is 1. The molecule has 2 aromatic rings. The number of H-pyrrole nitrogens is 1. The van der Waals surface area contributed by atoms with Crippen LogP contribution in [-0.2, 0) is 0 Å². The maximum absolute atomic E-state index is 11.7. The molecule has 0 aliphatic rings. The van der Waals surface area contributed by atoms with Gasteiger partial charge in [-0.25, -0.2) is 0 Å². The van der Waals surface area contributed by atoms with E-state index in [0.29, 0.717) is 5.69 Å². The van der Waals surface area contributed by atoms with Gasteiger partial charge in [-0.1, -0.05) is 12.1 Å². The van der Waals surface area contributed by atoms with Crippen LogP contribution < -0.4 is 11.0 Å². The zero-order chi connectivity index (χ0) is 14.9. The lowest BCUT2D eigenvalue weighted by atomic mass is 9.78. The fraction of sp³-hybridized carbons (Fsp3) is 0.0769. The van der Waals surface area contributed by atoms with Gasteiger partial charge in [-0.05, 0) is 24.5 Å². The smallest absolute Gasteiger partial charge is 0.488 e. The van der Waals surface area contributed by atoms with Crippen LogP contribution in [0.25, 0.3) is 11.1 Å². The zero-order valence-corrected chi connectivity index (χ0v) is 10.6. The molecule has 1 heterocycles. The van der Waals surface area contributed by atoms with Crippen molar-refractivity contribution in [2.75, 3.05) is 0 Å². The van der Waals surface area contributed by atoms with Crippen molar-refractivity contribution in [3.8, 4) is 22.9 Å². The molecule has 20 heavy (non-hydrogen) atoms. The number of phenolic OH excluding ortho intramolecular Hbond substituents is 1. The summed E-state index contributed by atoms with van der Waals surface area (Å²) in [5.74, 6) is -0.157. The Morgan fingerprint density at radius 3 is 2.55 bits per heavy atom. The zero-order valence-electron chi connectivity index (χ0n) is 10.6. The Labute approximate surface area is 114 Å². The standard InChI is InChI=1S/C13H11BN2O4/c1-7-4-9(11(6-15)13(18)16-7)10-5-8(14(19)20)2-3-12(10)17/h2-5,17,19-20H,1H3,(H,16,18). The number of hydrogen-bond donors (Lipinski definition) is 4. The first-order valence-electron chi connectivity index (χ1n) is 5.77. The third-order valence-corrected chi connectivity index (χ3v) is 2.89. The van der Waals surface area contributed by atoms with Crippen LogP contribution in [0, 0.1) is 18.3 Å². The molecule has 0 aliphatic carbocycles. The number of aromatic nitrogens is 1. The molecule has 100 valence electrons. The minimum atomic E-state index is -1.71. The monoisotopic (exact) mass is 270 g/mol. The number of pyridine rings is 1. The van der Waals surface area contributed by atoms with E-state index in [1.165, 1.54) is 18.2 Å². The van der Waals surface area contributed by atoms with E-state index < -0.39 is 12.7 Å². The van der Waals surface area contributed by atoms with Gasteiger partial charge in [-0.2, -0.15) is 5.26 Å². The first-order valence-corrected chi connectivity index (χ1v) is 5.77. The highest BCUT2D eigenvalue weighted by Gasteiger charge is 2.17. The minimum Gasteiger partial charge on any atom is -0.507 e. The molecule has 0 atom stereocenters. The molecule has 0 fully saturated rings. The largest absolute Gasteiger partial charge is 0.507 e. The number of nitrogens with one attached hydrogen (secondary N) is 1. The first kappa shape index (κ1) is 13.9. The van der Waals surface area contributed by atoms with Crippen molar-refractivity contribution in [2.45, 2.75) is 6.92 Å². The van der Waals surface area contributed by atoms with E-state index in [4.69, 9.17) is 15.3 Å². The third kappa shape index (κ3) is 2.43. The summed E-state index contributed by atoms with van der Waals surface area (Å²) in [6.07, 6.45) is 0. The van der Waals surface area contributed by atoms with Crippen molar-refractivity contribution >= 4 is 12.6 Å². The summed E-state index contributed by atoms with van der Waals surface area (Å²) in [7, 11) is -1.71. The Balaban J connectivity index is 2.78. The molecule has 0 saturated heterocycles. The number of phenols is 1. The third-order valence-electron chi connectivity index (χ3n) is 2.89. The summed E-state index contributed by atoms with van der Waals surface area (Å²) in [6.45, 7) is 1.65. The molecule has 6 nitrogen and oxygen atoms in total. The Morgan fingerprint density at radius 1 is 1.25 bits per heavy atom. The lowest BCUT2D eigenvalue weighted by Crippen LogP contribution is -2.29. The van der Waals surface area contributed by atoms with Gasteiger partial charge in [0, 0.05) is 16.8 Å². The van der Waals surface area contributed by atoms with Gasteiger partial charge < -0.3 is 20.1 Å². The maximum atomic E-state index is 11.7. The van der Waals surface area contributed by atoms with Crippen molar-refractivity contribution in [2.24, 2.45) is 0 Å². The molecular weight excluding hydrogens is 259 g/mol. The number of aromatic amines is 1. The fourth-order valence-corrected chi connectivity index (χ4v) is 1.94. The maximum Gasteiger partial charge on any atom is 0.488 e. The van der Waals surface area contributed by atoms with E-state index in [0.717, 1.165) is 0 Å². The second-order valence-electron chi connectivity index (χ2n) is 4.33. The van der Waals surface area contributed by atoms with E-state index in [1.807, 2.05) is 0 Å². The van der Waals surface area contributed by atoms with E-state index in [2.05, 4.69) is 4.98 Å². The van der Waals surface area contributed by atoms with Crippen molar-refractivity contribution in [3.05, 3.63) is 45.9 Å². The van der Waals surface area contributed by atoms with Crippen molar-refractivity contribution in [1.29, 1.82) is 5.26 Å². The van der Waals surface area contributed by atoms with Crippen LogP contribution in [0.3, 0.4) is 0 Å². The Hall–Kier alpha value is -2.56. The van der Waals surface area contributed by atoms with Crippen LogP contribution in [0.4, 0.5) is 0 Å². The van der Waals surface area contributed by atoms with Crippen LogP contribution in [0.1, 0.15) is 11.3 Å². The van der Waals surface area contributed by atoms with Crippen molar-refractivity contribution in [3.63, 3.8) is 0 Å². The highest BCUT2D eigenvalue weighted by molar-refractivity contribution is 6.58. The molecule has 0 amide bonds. The van der Waals surface area contributed by atoms with Gasteiger partial charge in [0.05, 0.1) is 0 Å². The quantitative estimate of drug-likeness (QED) is 0.554. The molecule has 0 unspecified atom stereocenters. The van der Waals surface area contributed by atoms with Crippen LogP contribution in [0.2, 0.25) is 0 Å². The van der Waals surface area contributed by atoms with Crippen molar-refractivity contribution < 1.29 is 15.2 Å². The van der Waals surface area contributed by atoms with Gasteiger partial charge in [0.25, 0.3) is 5.56 Å². The van der Waals surface area contributed by atoms with Crippen LogP contribution >= 0.6 is 0 Å². The molecule has 1 aromatic carbocycles. The highest BCUT2D eigenvalue weighted by atomic mass is 16.4. The molecule has 2 rings (SSSR count). The van der Waals surface area contributed by atoms with E-state index >= 15 is 0 Å². The normalized spacial score (nSPS) is 10.1. The molecule has 0 saturated carbocycles. The summed E-state index contributed by atoms with van der Waals surface area (Å²) in [5.41, 5.74) is 0.417. The van der Waals surface area contributed by atoms with Gasteiger partial charge in [0.1, 0.15) is 17.4 Å². The summed E-state index contributed by atoms with van der Waals surface area (Å²) in [5, 5.41) is 37.3. The van der Waals surface area contributed by atoms with E-state index in [9.17, 15) is 9.90 Å². The molecule has 4 N–H and O–H groups in total. The average Bonchev–Trinajstić information content (AvgIpc) is 2.38. The average molecular weight is 270 g/mol. The molecule has 7 heteroatoms. The molecule has 0 bridgehead atoms. The van der Waals surface area contributed by atoms with Gasteiger partial charge in [-0.15, -0.1) is 0 Å². The highest BCUT2D eigenvalue weighted by Crippen LogP contribution is 2.29. The van der Waals surface area contributed by atoms with E-state index in [-0.39, 0.29) is 27.9 Å². The first-order chi connectivity index (χ1) is 9.43. The van der Waals surface area contributed by atoms with Crippen LogP contribution in [0.15, 0.2) is 29.1 Å². The Kier molecular flexibility index (Phi) is 3.61. The summed E-state index contributed by atoms with van der Waals surface area (Å²) in [4.78, 5) is 14.2. The molecular formula is C13H11BN2O4. The van der Waals surface area contributed by atoms with Crippen LogP contribution in [-0.4, -0.2) is 27.3 Å². The molecule has 0 aliphatic heterocycles. The predicted octanol–water partition coefficient (Wildman–Crippen LogP) is -0.393. The minimum absolute atomic E-state index is 0.143. The number of aryl methyl sites for hydroxylation is 1. The Bertz CT molecular complexity index is 762. The number of benzene rings is 1. The van der Waals surface area contributed by atoms with Gasteiger partial charge in [0.2, 0.25) is 0 Å². The second kappa shape index (κ2) is 5.21. The van der Waals surface area contributed by atoms with E-state index in [1.54, 1.807) is 19.1 Å². The second-order valence-corrected chi connectivity index (χ2v) is 4.33. The van der Waals surface area contributed by atoms with Crippen molar-refractivity contribution in [1.82, 2.24) is 4.98 Å². The number of nitrogens with zero attached hydrogens (tertiary/aromatic N) is 1. The summed E-state index contributed by atoms with van der Waals surface area (Å²) < 4.78 is 0. The number of hydrogen-bond acceptors (Lipinski definition) is 5. The molecule has 0 spiro atoms. The Morgan fingerprint density at radius 2 is 1.95 bits per heavy atom. The summed E-state index contributed by atoms with van der Waals surface area (Å²) >= 11 is 0. The topological polar surface area (TPSA) is 117 Å². The lowest BCUT2D eigenvalue weighted by Gasteiger charge is -2.09. The van der Waals surface area contributed by atoms with Gasteiger partial charge in [0.15, 0.2) is 0 Å². The predicted molar refractivity (Wildman–Crippen MR) is 73.4 cm³/mol. The lowest BCUT2D eigenvalue weighted by molar-refractivity contribution is 0.425. The number of rotatable bonds is 2. The SMILES string of the molecule is Cc1cc(-c2cc(B(O)O)ccc2O)c(C#N)c(=O)[nH]1. The number of nitriles is 1. The van der Waals surface area contributed by atoms with Gasteiger partial charge >= 0.3 is 7.12 Å². The molecule has 0 radical (unpaired) electrons. The van der Waals surface area contributed by atoms with Crippen LogP contribution in [0.5, 0.6) is 5.75 Å².